The van der Waals surface area contributed by atoms with Crippen molar-refractivity contribution in [3.8, 4) is 0 Å². The number of rotatable bonds is 6. The Morgan fingerprint density at radius 1 is 1.19 bits per heavy atom. The Morgan fingerprint density at radius 3 is 2.58 bits per heavy atom. The van der Waals surface area contributed by atoms with Gasteiger partial charge in [0.15, 0.2) is 5.11 Å². The van der Waals surface area contributed by atoms with E-state index < -0.39 is 11.9 Å². The molecule has 0 saturated heterocycles. The molecular weight excluding hydrogens is 462 g/mol. The number of carbonyl (C=O) groups is 2. The quantitative estimate of drug-likeness (QED) is 0.403. The normalized spacial score (nSPS) is 10.5. The van der Waals surface area contributed by atoms with Gasteiger partial charge in [-0.05, 0) is 36.3 Å². The highest BCUT2D eigenvalue weighted by atomic mass is 35.5. The highest BCUT2D eigenvalue weighted by molar-refractivity contribution is 7.80. The third kappa shape index (κ3) is 5.19. The molecule has 0 spiro atoms. The first-order chi connectivity index (χ1) is 14.8. The molecule has 2 N–H and O–H groups in total. The molecule has 1 aromatic carbocycles. The zero-order valence-electron chi connectivity index (χ0n) is 16.8. The number of halogens is 1. The molecule has 0 aliphatic rings. The van der Waals surface area contributed by atoms with Crippen LogP contribution in [0.1, 0.15) is 31.2 Å². The van der Waals surface area contributed by atoms with Crippen molar-refractivity contribution in [2.45, 2.75) is 13.5 Å². The van der Waals surface area contributed by atoms with Crippen molar-refractivity contribution in [1.29, 1.82) is 0 Å². The number of ether oxygens (including phenoxy) is 2. The number of nitrogens with one attached hydrogen (secondary N) is 2. The molecule has 3 aromatic rings. The number of esters is 2. The second kappa shape index (κ2) is 9.86. The Balaban J connectivity index is 1.74. The fraction of sp³-hybridized carbons (Fsp3) is 0.211. The minimum Gasteiger partial charge on any atom is -0.465 e. The van der Waals surface area contributed by atoms with Crippen LogP contribution >= 0.6 is 35.2 Å². The Labute approximate surface area is 192 Å². The van der Waals surface area contributed by atoms with E-state index in [0.717, 1.165) is 16.9 Å². The van der Waals surface area contributed by atoms with Crippen LogP contribution in [-0.4, -0.2) is 46.0 Å². The first-order valence-electron chi connectivity index (χ1n) is 8.85. The lowest BCUT2D eigenvalue weighted by Gasteiger charge is -2.08. The Kier molecular flexibility index (Phi) is 7.21. The number of anilines is 2. The van der Waals surface area contributed by atoms with Gasteiger partial charge in [-0.3, -0.25) is 5.32 Å². The number of hydrogen-bond acceptors (Lipinski definition) is 8. The second-order valence-corrected chi connectivity index (χ2v) is 8.02. The zero-order valence-corrected chi connectivity index (χ0v) is 19.2. The predicted molar refractivity (Wildman–Crippen MR) is 122 cm³/mol. The predicted octanol–water partition coefficient (Wildman–Crippen LogP) is 3.73. The lowest BCUT2D eigenvalue weighted by molar-refractivity contribution is 0.0601. The van der Waals surface area contributed by atoms with Crippen molar-refractivity contribution in [2.75, 3.05) is 24.9 Å². The van der Waals surface area contributed by atoms with Crippen LogP contribution in [0.25, 0.3) is 0 Å². The fourth-order valence-electron chi connectivity index (χ4n) is 2.70. The van der Waals surface area contributed by atoms with E-state index in [1.54, 1.807) is 24.0 Å². The van der Waals surface area contributed by atoms with Crippen molar-refractivity contribution in [3.63, 3.8) is 0 Å². The molecular formula is C19H18ClN5O4S2. The van der Waals surface area contributed by atoms with Crippen LogP contribution in [0, 0.1) is 6.92 Å². The third-order valence-corrected chi connectivity index (χ3v) is 5.95. The van der Waals surface area contributed by atoms with Crippen molar-refractivity contribution < 1.29 is 19.1 Å². The molecule has 0 bridgehead atoms. The molecule has 0 radical (unpaired) electrons. The van der Waals surface area contributed by atoms with Crippen molar-refractivity contribution in [3.05, 3.63) is 57.2 Å². The lowest BCUT2D eigenvalue weighted by atomic mass is 10.1. The first kappa shape index (κ1) is 22.7. The van der Waals surface area contributed by atoms with Crippen LogP contribution in [0.2, 0.25) is 5.02 Å². The minimum atomic E-state index is -0.601. The molecule has 31 heavy (non-hydrogen) atoms. The second-order valence-electron chi connectivity index (χ2n) is 6.18. The topological polar surface area (TPSA) is 107 Å². The Morgan fingerprint density at radius 2 is 1.90 bits per heavy atom. The number of thiocarbonyl (C=S) groups is 1. The standard InChI is InChI=1S/C19H18ClN5O4S2/c1-10-13(16(26)28-2)15(31-14(10)17(27)29-3)22-19(30)23-18-21-9-25(24-18)8-11-6-4-5-7-12(11)20/h4-7,9H,8H2,1-3H3,(H2,22,23,24,30). The fourth-order valence-corrected chi connectivity index (χ4v) is 4.27. The molecule has 0 atom stereocenters. The maximum atomic E-state index is 12.2. The largest absolute Gasteiger partial charge is 0.465 e. The SMILES string of the molecule is COC(=O)c1sc(NC(=S)Nc2ncn(Cc3ccccc3Cl)n2)c(C(=O)OC)c1C. The van der Waals surface area contributed by atoms with Gasteiger partial charge in [-0.1, -0.05) is 29.8 Å². The summed E-state index contributed by atoms with van der Waals surface area (Å²) in [5.74, 6) is -0.901. The summed E-state index contributed by atoms with van der Waals surface area (Å²) in [6, 6.07) is 7.44. The molecule has 0 aliphatic heterocycles. The van der Waals surface area contributed by atoms with Crippen LogP contribution < -0.4 is 10.6 Å². The van der Waals surface area contributed by atoms with Crippen LogP contribution in [0.3, 0.4) is 0 Å². The number of methoxy groups -OCH3 is 2. The van der Waals surface area contributed by atoms with Gasteiger partial charge in [0.05, 0.1) is 26.3 Å². The van der Waals surface area contributed by atoms with Gasteiger partial charge in [-0.15, -0.1) is 16.4 Å². The van der Waals surface area contributed by atoms with E-state index >= 15 is 0 Å². The van der Waals surface area contributed by atoms with Crippen LogP contribution in [0.15, 0.2) is 30.6 Å². The molecule has 3 rings (SSSR count). The summed E-state index contributed by atoms with van der Waals surface area (Å²) >= 11 is 12.5. The van der Waals surface area contributed by atoms with Crippen LogP contribution in [-0.2, 0) is 16.0 Å². The van der Waals surface area contributed by atoms with Crippen molar-refractivity contribution >= 4 is 63.2 Å². The number of hydrogen-bond donors (Lipinski definition) is 2. The monoisotopic (exact) mass is 479 g/mol. The summed E-state index contributed by atoms with van der Waals surface area (Å²) in [6.45, 7) is 2.07. The highest BCUT2D eigenvalue weighted by Crippen LogP contribution is 2.34. The highest BCUT2D eigenvalue weighted by Gasteiger charge is 2.26. The summed E-state index contributed by atoms with van der Waals surface area (Å²) < 4.78 is 11.2. The smallest absolute Gasteiger partial charge is 0.348 e. The van der Waals surface area contributed by atoms with Gasteiger partial charge in [0.1, 0.15) is 16.2 Å². The van der Waals surface area contributed by atoms with E-state index in [0.29, 0.717) is 22.1 Å². The summed E-state index contributed by atoms with van der Waals surface area (Å²) in [5.41, 5.74) is 1.54. The maximum Gasteiger partial charge on any atom is 0.348 e. The average Bonchev–Trinajstić information content (AvgIpc) is 3.32. The van der Waals surface area contributed by atoms with E-state index in [2.05, 4.69) is 20.7 Å². The summed E-state index contributed by atoms with van der Waals surface area (Å²) in [5, 5.41) is 11.2. The first-order valence-corrected chi connectivity index (χ1v) is 10.4. The number of thiophene rings is 1. The summed E-state index contributed by atoms with van der Waals surface area (Å²) in [7, 11) is 2.52. The van der Waals surface area contributed by atoms with Crippen molar-refractivity contribution in [2.24, 2.45) is 0 Å². The molecule has 9 nitrogen and oxygen atoms in total. The van der Waals surface area contributed by atoms with Crippen LogP contribution in [0.4, 0.5) is 10.9 Å². The Bertz CT molecular complexity index is 1140. The molecule has 0 fully saturated rings. The van der Waals surface area contributed by atoms with Crippen molar-refractivity contribution in [1.82, 2.24) is 14.8 Å². The third-order valence-electron chi connectivity index (χ3n) is 4.19. The van der Waals surface area contributed by atoms with Gasteiger partial charge in [0.25, 0.3) is 0 Å². The van der Waals surface area contributed by atoms with Gasteiger partial charge < -0.3 is 14.8 Å². The number of aromatic nitrogens is 3. The summed E-state index contributed by atoms with van der Waals surface area (Å²) in [6.07, 6.45) is 1.54. The number of carbonyl (C=O) groups excluding carboxylic acids is 2. The zero-order chi connectivity index (χ0) is 22.5. The average molecular weight is 480 g/mol. The van der Waals surface area contributed by atoms with Gasteiger partial charge in [-0.25, -0.2) is 19.3 Å². The lowest BCUT2D eigenvalue weighted by Crippen LogP contribution is -2.21. The molecule has 0 unspecified atom stereocenters. The van der Waals surface area contributed by atoms with Gasteiger partial charge in [-0.2, -0.15) is 0 Å². The van der Waals surface area contributed by atoms with E-state index in [9.17, 15) is 9.59 Å². The van der Waals surface area contributed by atoms with E-state index in [-0.39, 0.29) is 21.5 Å². The molecule has 162 valence electrons. The minimum absolute atomic E-state index is 0.137. The van der Waals surface area contributed by atoms with Gasteiger partial charge >= 0.3 is 11.9 Å². The molecule has 0 aliphatic carbocycles. The summed E-state index contributed by atoms with van der Waals surface area (Å²) in [4.78, 5) is 28.6. The van der Waals surface area contributed by atoms with E-state index in [1.165, 1.54) is 14.2 Å². The number of nitrogens with zero attached hydrogens (tertiary/aromatic N) is 3. The van der Waals surface area contributed by atoms with E-state index in [1.807, 2.05) is 18.2 Å². The molecule has 12 heteroatoms. The molecule has 0 amide bonds. The van der Waals surface area contributed by atoms with Crippen LogP contribution in [0.5, 0.6) is 0 Å². The van der Waals surface area contributed by atoms with Gasteiger partial charge in [0.2, 0.25) is 5.95 Å². The maximum absolute atomic E-state index is 12.2. The molecule has 2 aromatic heterocycles. The van der Waals surface area contributed by atoms with E-state index in [4.69, 9.17) is 33.3 Å². The molecule has 2 heterocycles. The number of benzene rings is 1. The van der Waals surface area contributed by atoms with Gasteiger partial charge in [0, 0.05) is 5.02 Å². The molecule has 0 saturated carbocycles. The Hall–Kier alpha value is -3.02.